The van der Waals surface area contributed by atoms with E-state index in [1.165, 1.54) is 17.8 Å². The van der Waals surface area contributed by atoms with Crippen molar-refractivity contribution in [3.05, 3.63) is 46.2 Å². The molecule has 2 N–H and O–H groups in total. The lowest BCUT2D eigenvalue weighted by molar-refractivity contribution is 0.269. The molecule has 0 unspecified atom stereocenters. The monoisotopic (exact) mass is 301 g/mol. The summed E-state index contributed by atoms with van der Waals surface area (Å²) < 4.78 is 0. The normalized spacial score (nSPS) is 14.0. The summed E-state index contributed by atoms with van der Waals surface area (Å²) in [5, 5.41) is 9.84. The maximum atomic E-state index is 11.7. The molecule has 108 valence electrons. The molecule has 0 atom stereocenters. The first-order chi connectivity index (χ1) is 10.1. The van der Waals surface area contributed by atoms with Crippen molar-refractivity contribution < 1.29 is 4.79 Å². The minimum absolute atomic E-state index is 0.0106. The Morgan fingerprint density at radius 3 is 2.67 bits per heavy atom. The predicted octanol–water partition coefficient (Wildman–Crippen LogP) is 3.17. The van der Waals surface area contributed by atoms with Crippen molar-refractivity contribution >= 4 is 22.7 Å². The third kappa shape index (κ3) is 3.52. The zero-order valence-electron chi connectivity index (χ0n) is 11.6. The Kier molecular flexibility index (Phi) is 3.79. The third-order valence-electron chi connectivity index (χ3n) is 3.20. The number of nitrogens with zero attached hydrogens (tertiary/aromatic N) is 1. The van der Waals surface area contributed by atoms with Gasteiger partial charge in [-0.05, 0) is 37.5 Å². The summed E-state index contributed by atoms with van der Waals surface area (Å²) in [5.74, 6) is 0. The molecule has 1 fully saturated rings. The number of aryl methyl sites for hydroxylation is 1. The van der Waals surface area contributed by atoms with E-state index in [2.05, 4.69) is 15.5 Å². The fourth-order valence-corrected chi connectivity index (χ4v) is 2.84. The second-order valence-electron chi connectivity index (χ2n) is 5.07. The highest BCUT2D eigenvalue weighted by Crippen LogP contribution is 2.35. The number of anilines is 1. The van der Waals surface area contributed by atoms with Gasteiger partial charge in [0, 0.05) is 22.6 Å². The number of benzene rings is 1. The van der Waals surface area contributed by atoms with E-state index in [0.717, 1.165) is 35.3 Å². The van der Waals surface area contributed by atoms with Gasteiger partial charge in [0.15, 0.2) is 0 Å². The maximum Gasteiger partial charge on any atom is 0.283 e. The van der Waals surface area contributed by atoms with Gasteiger partial charge in [0.05, 0.1) is 5.69 Å². The zero-order chi connectivity index (χ0) is 14.8. The summed E-state index contributed by atoms with van der Waals surface area (Å²) in [6.07, 6.45) is 2.27. The van der Waals surface area contributed by atoms with Gasteiger partial charge in [0.25, 0.3) is 10.8 Å². The second-order valence-corrected chi connectivity index (χ2v) is 6.34. The molecule has 21 heavy (non-hydrogen) atoms. The van der Waals surface area contributed by atoms with Crippen LogP contribution in [0.4, 0.5) is 10.5 Å². The van der Waals surface area contributed by atoms with Crippen molar-refractivity contribution in [2.45, 2.75) is 25.0 Å². The topological polar surface area (TPSA) is 74.8 Å². The van der Waals surface area contributed by atoms with Crippen LogP contribution in [0.5, 0.6) is 0 Å². The van der Waals surface area contributed by atoms with E-state index in [9.17, 15) is 9.59 Å². The van der Waals surface area contributed by atoms with Gasteiger partial charge in [-0.15, -0.1) is 0 Å². The Bertz CT molecular complexity index is 720. The van der Waals surface area contributed by atoms with Crippen molar-refractivity contribution in [1.82, 2.24) is 10.2 Å². The van der Waals surface area contributed by atoms with E-state index in [-0.39, 0.29) is 10.8 Å². The van der Waals surface area contributed by atoms with Gasteiger partial charge in [-0.2, -0.15) is 5.10 Å². The molecule has 2 aromatic rings. The Morgan fingerprint density at radius 1 is 1.33 bits per heavy atom. The van der Waals surface area contributed by atoms with Crippen molar-refractivity contribution in [2.75, 3.05) is 5.32 Å². The maximum absolute atomic E-state index is 11.7. The van der Waals surface area contributed by atoms with Crippen LogP contribution in [0.15, 0.2) is 35.1 Å². The van der Waals surface area contributed by atoms with Gasteiger partial charge in [-0.3, -0.25) is 9.59 Å². The number of rotatable bonds is 3. The van der Waals surface area contributed by atoms with Gasteiger partial charge in [0.2, 0.25) is 0 Å². The fraction of sp³-hybridized carbons (Fsp3) is 0.267. The molecule has 1 amide bonds. The molecule has 0 radical (unpaired) electrons. The van der Waals surface area contributed by atoms with Gasteiger partial charge < -0.3 is 5.32 Å². The molecule has 1 aromatic heterocycles. The molecule has 0 bridgehead atoms. The number of hydrogen-bond donors (Lipinski definition) is 2. The summed E-state index contributed by atoms with van der Waals surface area (Å²) in [7, 11) is 0. The molecule has 1 aliphatic carbocycles. The standard InChI is InChI=1S/C15H15N3O2S/c1-9-8-13(19)17-18-14(9)10-2-4-11(5-3-10)16-15(20)21-12-6-7-12/h2-5,8,12H,6-7H2,1H3,(H,16,20)(H,17,19). The van der Waals surface area contributed by atoms with E-state index in [1.807, 2.05) is 31.2 Å². The number of carbonyl (C=O) groups is 1. The number of carbonyl (C=O) groups excluding carboxylic acids is 1. The van der Waals surface area contributed by atoms with Crippen LogP contribution < -0.4 is 10.9 Å². The number of aromatic nitrogens is 2. The zero-order valence-corrected chi connectivity index (χ0v) is 12.4. The average molecular weight is 301 g/mol. The van der Waals surface area contributed by atoms with Crippen molar-refractivity contribution in [3.63, 3.8) is 0 Å². The third-order valence-corrected chi connectivity index (χ3v) is 4.32. The smallest absolute Gasteiger partial charge is 0.283 e. The summed E-state index contributed by atoms with van der Waals surface area (Å²) in [4.78, 5) is 22.9. The minimum atomic E-state index is -0.211. The summed E-state index contributed by atoms with van der Waals surface area (Å²) in [6, 6.07) is 8.96. The van der Waals surface area contributed by atoms with Crippen LogP contribution in [0.3, 0.4) is 0 Å². The molecular formula is C15H15N3O2S. The van der Waals surface area contributed by atoms with Crippen LogP contribution in [0.25, 0.3) is 11.3 Å². The van der Waals surface area contributed by atoms with Crippen LogP contribution in [0, 0.1) is 6.92 Å². The molecule has 0 spiro atoms. The molecule has 6 heteroatoms. The molecule has 5 nitrogen and oxygen atoms in total. The molecule has 0 saturated heterocycles. The predicted molar refractivity (Wildman–Crippen MR) is 84.7 cm³/mol. The number of amides is 1. The number of H-pyrrole nitrogens is 1. The van der Waals surface area contributed by atoms with E-state index in [1.54, 1.807) is 0 Å². The largest absolute Gasteiger partial charge is 0.317 e. The lowest BCUT2D eigenvalue weighted by atomic mass is 10.1. The highest BCUT2D eigenvalue weighted by molar-refractivity contribution is 8.14. The van der Waals surface area contributed by atoms with Crippen molar-refractivity contribution in [3.8, 4) is 11.3 Å². The quantitative estimate of drug-likeness (QED) is 0.913. The van der Waals surface area contributed by atoms with Crippen molar-refractivity contribution in [2.24, 2.45) is 0 Å². The molecule has 0 aliphatic heterocycles. The Morgan fingerprint density at radius 2 is 2.05 bits per heavy atom. The number of nitrogens with one attached hydrogen (secondary N) is 2. The molecule has 1 aliphatic rings. The Labute approximate surface area is 126 Å². The van der Waals surface area contributed by atoms with E-state index < -0.39 is 0 Å². The van der Waals surface area contributed by atoms with Crippen LogP contribution in [-0.4, -0.2) is 20.7 Å². The summed E-state index contributed by atoms with van der Waals surface area (Å²) in [5.41, 5.74) is 3.01. The highest BCUT2D eigenvalue weighted by atomic mass is 32.2. The molecule has 1 aromatic carbocycles. The highest BCUT2D eigenvalue weighted by Gasteiger charge is 2.25. The second kappa shape index (κ2) is 5.73. The van der Waals surface area contributed by atoms with E-state index >= 15 is 0 Å². The average Bonchev–Trinajstić information content (AvgIpc) is 3.24. The minimum Gasteiger partial charge on any atom is -0.317 e. The van der Waals surface area contributed by atoms with Gasteiger partial charge >= 0.3 is 0 Å². The Hall–Kier alpha value is -2.08. The fourth-order valence-electron chi connectivity index (χ4n) is 1.98. The number of aromatic amines is 1. The van der Waals surface area contributed by atoms with E-state index in [4.69, 9.17) is 0 Å². The molecule has 3 rings (SSSR count). The van der Waals surface area contributed by atoms with Gasteiger partial charge in [-0.25, -0.2) is 5.10 Å². The number of hydrogen-bond acceptors (Lipinski definition) is 4. The van der Waals surface area contributed by atoms with Crippen LogP contribution in [-0.2, 0) is 0 Å². The SMILES string of the molecule is Cc1cc(=O)[nH]nc1-c1ccc(NC(=O)SC2CC2)cc1. The molecule has 1 saturated carbocycles. The Balaban J connectivity index is 1.73. The van der Waals surface area contributed by atoms with Gasteiger partial charge in [0.1, 0.15) is 0 Å². The van der Waals surface area contributed by atoms with E-state index in [0.29, 0.717) is 5.25 Å². The van der Waals surface area contributed by atoms with Crippen LogP contribution in [0.2, 0.25) is 0 Å². The molecular weight excluding hydrogens is 286 g/mol. The van der Waals surface area contributed by atoms with Crippen LogP contribution >= 0.6 is 11.8 Å². The van der Waals surface area contributed by atoms with Gasteiger partial charge in [-0.1, -0.05) is 23.9 Å². The summed E-state index contributed by atoms with van der Waals surface area (Å²) >= 11 is 1.36. The first-order valence-electron chi connectivity index (χ1n) is 6.76. The summed E-state index contributed by atoms with van der Waals surface area (Å²) in [6.45, 7) is 1.85. The first kappa shape index (κ1) is 13.9. The first-order valence-corrected chi connectivity index (χ1v) is 7.64. The number of thioether (sulfide) groups is 1. The molecule has 1 heterocycles. The lowest BCUT2D eigenvalue weighted by Gasteiger charge is -2.07. The lowest BCUT2D eigenvalue weighted by Crippen LogP contribution is -2.08. The van der Waals surface area contributed by atoms with Crippen molar-refractivity contribution in [1.29, 1.82) is 0 Å². The van der Waals surface area contributed by atoms with Crippen LogP contribution in [0.1, 0.15) is 18.4 Å².